The van der Waals surface area contributed by atoms with Crippen molar-refractivity contribution in [3.63, 3.8) is 0 Å². The number of benzene rings is 1. The van der Waals surface area contributed by atoms with Crippen LogP contribution in [0, 0.1) is 0 Å². The van der Waals surface area contributed by atoms with Gasteiger partial charge in [-0.15, -0.1) is 0 Å². The quantitative estimate of drug-likeness (QED) is 0.575. The van der Waals surface area contributed by atoms with Gasteiger partial charge in [-0.05, 0) is 40.2 Å². The molecule has 0 N–H and O–H groups in total. The molecule has 118 valence electrons. The fourth-order valence-electron chi connectivity index (χ4n) is 2.06. The number of pyridine rings is 1. The van der Waals surface area contributed by atoms with E-state index in [1.807, 2.05) is 80.2 Å². The molecule has 0 aliphatic rings. The zero-order valence-electron chi connectivity index (χ0n) is 13.6. The standard InChI is InChI=1S/C17H14BrN3.C2H6/c1-21-12-15(13-6-3-2-4-7-13)20-17(21)11-10-14-8-5-9-16(18)19-14;1-2/h2-12H,1H3;1-2H3/b11-10+;. The second-order valence-electron chi connectivity index (χ2n) is 4.68. The lowest BCUT2D eigenvalue weighted by Crippen LogP contribution is -1.89. The number of hydrogen-bond donors (Lipinski definition) is 0. The Morgan fingerprint density at radius 1 is 0.913 bits per heavy atom. The first-order chi connectivity index (χ1) is 11.2. The predicted octanol–water partition coefficient (Wildman–Crippen LogP) is 5.44. The molecule has 2 aromatic heterocycles. The van der Waals surface area contributed by atoms with Gasteiger partial charge in [0, 0.05) is 18.8 Å². The molecule has 3 rings (SSSR count). The summed E-state index contributed by atoms with van der Waals surface area (Å²) < 4.78 is 2.84. The molecule has 0 radical (unpaired) electrons. The third kappa shape index (κ3) is 4.63. The maximum atomic E-state index is 4.65. The monoisotopic (exact) mass is 369 g/mol. The highest BCUT2D eigenvalue weighted by Crippen LogP contribution is 2.18. The third-order valence-corrected chi connectivity index (χ3v) is 3.56. The van der Waals surface area contributed by atoms with E-state index in [4.69, 9.17) is 0 Å². The van der Waals surface area contributed by atoms with Crippen molar-refractivity contribution >= 4 is 28.1 Å². The second-order valence-corrected chi connectivity index (χ2v) is 5.49. The SMILES string of the molecule is CC.Cn1cc(-c2ccccc2)nc1/C=C/c1cccc(Br)n1. The molecule has 23 heavy (non-hydrogen) atoms. The summed E-state index contributed by atoms with van der Waals surface area (Å²) in [6, 6.07) is 16.0. The van der Waals surface area contributed by atoms with Gasteiger partial charge >= 0.3 is 0 Å². The molecule has 0 bridgehead atoms. The summed E-state index contributed by atoms with van der Waals surface area (Å²) in [6.07, 6.45) is 5.96. The summed E-state index contributed by atoms with van der Waals surface area (Å²) in [5.74, 6) is 0.899. The predicted molar refractivity (Wildman–Crippen MR) is 101 cm³/mol. The van der Waals surface area contributed by atoms with Gasteiger partial charge in [0.25, 0.3) is 0 Å². The molecule has 0 saturated heterocycles. The highest BCUT2D eigenvalue weighted by molar-refractivity contribution is 9.10. The zero-order chi connectivity index (χ0) is 16.7. The number of imidazole rings is 1. The highest BCUT2D eigenvalue weighted by Gasteiger charge is 2.04. The van der Waals surface area contributed by atoms with E-state index in [1.165, 1.54) is 0 Å². The fourth-order valence-corrected chi connectivity index (χ4v) is 2.42. The Morgan fingerprint density at radius 3 is 2.35 bits per heavy atom. The minimum absolute atomic E-state index is 0.828. The van der Waals surface area contributed by atoms with Crippen LogP contribution in [-0.4, -0.2) is 14.5 Å². The molecule has 0 amide bonds. The van der Waals surface area contributed by atoms with Gasteiger partial charge in [-0.2, -0.15) is 0 Å². The van der Waals surface area contributed by atoms with E-state index in [0.29, 0.717) is 0 Å². The topological polar surface area (TPSA) is 30.7 Å². The number of halogens is 1. The Labute approximate surface area is 145 Å². The summed E-state index contributed by atoms with van der Waals surface area (Å²) in [5, 5.41) is 0. The first-order valence-corrected chi connectivity index (χ1v) is 8.41. The number of aromatic nitrogens is 3. The molecular formula is C19H20BrN3. The van der Waals surface area contributed by atoms with E-state index in [0.717, 1.165) is 27.4 Å². The van der Waals surface area contributed by atoms with Crippen LogP contribution in [0.25, 0.3) is 23.4 Å². The number of aryl methyl sites for hydroxylation is 1. The molecule has 0 unspecified atom stereocenters. The molecule has 0 aliphatic heterocycles. The summed E-state index contributed by atoms with van der Waals surface area (Å²) in [5.41, 5.74) is 2.99. The zero-order valence-corrected chi connectivity index (χ0v) is 15.2. The Morgan fingerprint density at radius 2 is 1.65 bits per heavy atom. The first kappa shape index (κ1) is 17.2. The van der Waals surface area contributed by atoms with Crippen LogP contribution in [0.3, 0.4) is 0 Å². The van der Waals surface area contributed by atoms with Gasteiger partial charge in [0.15, 0.2) is 0 Å². The van der Waals surface area contributed by atoms with Gasteiger partial charge < -0.3 is 4.57 Å². The Kier molecular flexibility index (Phi) is 6.29. The molecule has 0 aliphatic carbocycles. The molecule has 0 atom stereocenters. The lowest BCUT2D eigenvalue weighted by atomic mass is 10.2. The van der Waals surface area contributed by atoms with Crippen LogP contribution in [-0.2, 0) is 7.05 Å². The molecule has 3 nitrogen and oxygen atoms in total. The average molecular weight is 370 g/mol. The summed E-state index contributed by atoms with van der Waals surface area (Å²) in [4.78, 5) is 9.03. The van der Waals surface area contributed by atoms with Crippen molar-refractivity contribution in [1.82, 2.24) is 14.5 Å². The van der Waals surface area contributed by atoms with E-state index in [-0.39, 0.29) is 0 Å². The first-order valence-electron chi connectivity index (χ1n) is 7.62. The summed E-state index contributed by atoms with van der Waals surface area (Å²) in [7, 11) is 1.99. The van der Waals surface area contributed by atoms with E-state index >= 15 is 0 Å². The average Bonchev–Trinajstić information content (AvgIpc) is 2.97. The number of rotatable bonds is 3. The van der Waals surface area contributed by atoms with Crippen molar-refractivity contribution < 1.29 is 0 Å². The van der Waals surface area contributed by atoms with E-state index < -0.39 is 0 Å². The second kappa shape index (κ2) is 8.44. The minimum Gasteiger partial charge on any atom is -0.334 e. The van der Waals surface area contributed by atoms with Crippen LogP contribution in [0.4, 0.5) is 0 Å². The van der Waals surface area contributed by atoms with Gasteiger partial charge in [-0.25, -0.2) is 9.97 Å². The van der Waals surface area contributed by atoms with Gasteiger partial charge in [0.05, 0.1) is 11.4 Å². The molecule has 1 aromatic carbocycles. The van der Waals surface area contributed by atoms with Crippen LogP contribution >= 0.6 is 15.9 Å². The van der Waals surface area contributed by atoms with E-state index in [9.17, 15) is 0 Å². The molecule has 0 fully saturated rings. The smallest absolute Gasteiger partial charge is 0.133 e. The maximum absolute atomic E-state index is 4.65. The summed E-state index contributed by atoms with van der Waals surface area (Å²) >= 11 is 3.37. The minimum atomic E-state index is 0.828. The number of hydrogen-bond acceptors (Lipinski definition) is 2. The third-order valence-electron chi connectivity index (χ3n) is 3.12. The van der Waals surface area contributed by atoms with Crippen LogP contribution in [0.1, 0.15) is 25.4 Å². The molecule has 0 spiro atoms. The molecule has 2 heterocycles. The Balaban J connectivity index is 0.000000924. The molecule has 3 aromatic rings. The van der Waals surface area contributed by atoms with Gasteiger partial charge in [-0.3, -0.25) is 0 Å². The molecular weight excluding hydrogens is 350 g/mol. The van der Waals surface area contributed by atoms with E-state index in [1.54, 1.807) is 0 Å². The van der Waals surface area contributed by atoms with Crippen molar-refractivity contribution in [2.24, 2.45) is 7.05 Å². The van der Waals surface area contributed by atoms with Crippen LogP contribution in [0.5, 0.6) is 0 Å². The lowest BCUT2D eigenvalue weighted by Gasteiger charge is -1.95. The van der Waals surface area contributed by atoms with Crippen molar-refractivity contribution in [3.05, 3.63) is 70.8 Å². The number of nitrogens with zero attached hydrogens (tertiary/aromatic N) is 3. The molecule has 0 saturated carbocycles. The van der Waals surface area contributed by atoms with Crippen LogP contribution in [0.2, 0.25) is 0 Å². The van der Waals surface area contributed by atoms with Gasteiger partial charge in [0.2, 0.25) is 0 Å². The van der Waals surface area contributed by atoms with Crippen molar-refractivity contribution in [2.75, 3.05) is 0 Å². The lowest BCUT2D eigenvalue weighted by molar-refractivity contribution is 0.898. The van der Waals surface area contributed by atoms with E-state index in [2.05, 4.69) is 38.0 Å². The fraction of sp³-hybridized carbons (Fsp3) is 0.158. The highest BCUT2D eigenvalue weighted by atomic mass is 79.9. The largest absolute Gasteiger partial charge is 0.334 e. The summed E-state index contributed by atoms with van der Waals surface area (Å²) in [6.45, 7) is 4.00. The van der Waals surface area contributed by atoms with Crippen molar-refractivity contribution in [3.8, 4) is 11.3 Å². The van der Waals surface area contributed by atoms with Crippen molar-refractivity contribution in [1.29, 1.82) is 0 Å². The van der Waals surface area contributed by atoms with Gasteiger partial charge in [-0.1, -0.05) is 50.2 Å². The van der Waals surface area contributed by atoms with Crippen LogP contribution in [0.15, 0.2) is 59.3 Å². The normalized spacial score (nSPS) is 10.4. The Bertz CT molecular complexity index is 776. The maximum Gasteiger partial charge on any atom is 0.133 e. The van der Waals surface area contributed by atoms with Gasteiger partial charge in [0.1, 0.15) is 10.4 Å². The van der Waals surface area contributed by atoms with Crippen molar-refractivity contribution in [2.45, 2.75) is 13.8 Å². The van der Waals surface area contributed by atoms with Crippen LogP contribution < -0.4 is 0 Å². The Hall–Kier alpha value is -2.20. The molecule has 4 heteroatoms.